The molecule has 0 radical (unpaired) electrons. The number of nitrogens with one attached hydrogen (secondary N) is 1. The van der Waals surface area contributed by atoms with E-state index in [4.69, 9.17) is 4.42 Å². The number of nitrogens with zero attached hydrogens (tertiary/aromatic N) is 1. The highest BCUT2D eigenvalue weighted by Crippen LogP contribution is 2.39. The van der Waals surface area contributed by atoms with Gasteiger partial charge in [-0.05, 0) is 56.3 Å². The predicted molar refractivity (Wildman–Crippen MR) is 140 cm³/mol. The molecule has 10 heteroatoms. The van der Waals surface area contributed by atoms with Crippen LogP contribution in [-0.4, -0.2) is 52.8 Å². The Morgan fingerprint density at radius 2 is 1.78 bits per heavy atom. The van der Waals surface area contributed by atoms with E-state index in [0.29, 0.717) is 38.9 Å². The van der Waals surface area contributed by atoms with Gasteiger partial charge in [-0.3, -0.25) is 9.59 Å². The van der Waals surface area contributed by atoms with Crippen LogP contribution in [0.3, 0.4) is 0 Å². The van der Waals surface area contributed by atoms with E-state index in [1.165, 1.54) is 23.9 Å². The van der Waals surface area contributed by atoms with Gasteiger partial charge in [0.2, 0.25) is 10.0 Å². The molecule has 0 unspecified atom stereocenters. The van der Waals surface area contributed by atoms with Gasteiger partial charge >= 0.3 is 5.97 Å². The summed E-state index contributed by atoms with van der Waals surface area (Å²) in [5, 5.41) is 13.9. The number of anilines is 1. The van der Waals surface area contributed by atoms with Crippen LogP contribution in [-0.2, 0) is 14.8 Å². The fourth-order valence-corrected chi connectivity index (χ4v) is 7.68. The summed E-state index contributed by atoms with van der Waals surface area (Å²) >= 11 is 1.45. The van der Waals surface area contributed by atoms with E-state index in [-0.39, 0.29) is 17.3 Å². The molecule has 0 spiro atoms. The quantitative estimate of drug-likeness (QED) is 0.385. The molecule has 186 valence electrons. The van der Waals surface area contributed by atoms with Crippen LogP contribution in [0.15, 0.2) is 76.0 Å². The summed E-state index contributed by atoms with van der Waals surface area (Å²) in [7, 11) is -4.08. The lowest BCUT2D eigenvalue weighted by atomic mass is 10.0. The number of rotatable bonds is 5. The zero-order valence-electron chi connectivity index (χ0n) is 19.6. The summed E-state index contributed by atoms with van der Waals surface area (Å²) in [6.45, 7) is 3.61. The van der Waals surface area contributed by atoms with Crippen LogP contribution in [0.2, 0.25) is 0 Å². The number of carboxylic acids is 1. The van der Waals surface area contributed by atoms with Crippen LogP contribution in [0.4, 0.5) is 5.69 Å². The standard InChI is InChI=1S/C26H24N2O6S2/c1-26(2)23(25(30)31)28(12-13-35-26)36(32,33)18-9-11-21-20(15-18)19-10-8-17(14-22(19)34-21)27-24(29)16-6-4-3-5-7-16/h3-11,14-15,23H,12-13H2,1-2H3,(H,27,29)(H,30,31)/t23-/m0/s1. The first-order valence-electron chi connectivity index (χ1n) is 11.3. The lowest BCUT2D eigenvalue weighted by Crippen LogP contribution is -2.58. The number of hydrogen-bond donors (Lipinski definition) is 2. The second-order valence-electron chi connectivity index (χ2n) is 9.10. The van der Waals surface area contributed by atoms with E-state index in [9.17, 15) is 23.1 Å². The van der Waals surface area contributed by atoms with Crippen molar-refractivity contribution in [2.45, 2.75) is 29.5 Å². The monoisotopic (exact) mass is 524 g/mol. The van der Waals surface area contributed by atoms with Gasteiger partial charge in [0.25, 0.3) is 5.91 Å². The first-order valence-corrected chi connectivity index (χ1v) is 13.7. The molecular formula is C26H24N2O6S2. The molecule has 1 aromatic heterocycles. The average molecular weight is 525 g/mol. The molecule has 36 heavy (non-hydrogen) atoms. The summed E-state index contributed by atoms with van der Waals surface area (Å²) in [5.74, 6) is -0.921. The zero-order valence-corrected chi connectivity index (χ0v) is 21.2. The Bertz CT molecular complexity index is 1600. The number of benzene rings is 3. The van der Waals surface area contributed by atoms with E-state index in [0.717, 1.165) is 4.31 Å². The van der Waals surface area contributed by atoms with Crippen molar-refractivity contribution in [3.05, 3.63) is 72.3 Å². The Balaban J connectivity index is 1.50. The number of carbonyl (C=O) groups is 2. The van der Waals surface area contributed by atoms with Gasteiger partial charge in [0.1, 0.15) is 17.2 Å². The number of amides is 1. The maximum absolute atomic E-state index is 13.6. The molecule has 1 amide bonds. The summed E-state index contributed by atoms with van der Waals surface area (Å²) in [5.41, 5.74) is 2.04. The molecule has 3 aromatic carbocycles. The average Bonchev–Trinajstić information content (AvgIpc) is 3.20. The van der Waals surface area contributed by atoms with Gasteiger partial charge in [0.15, 0.2) is 0 Å². The SMILES string of the molecule is CC1(C)SCCN(S(=O)(=O)c2ccc3oc4cc(NC(=O)c5ccccc5)ccc4c3c2)[C@H]1C(=O)O. The zero-order chi connectivity index (χ0) is 25.7. The van der Waals surface area contributed by atoms with Gasteiger partial charge in [-0.15, -0.1) is 0 Å². The number of sulfonamides is 1. The molecule has 0 bridgehead atoms. The molecule has 8 nitrogen and oxygen atoms in total. The van der Waals surface area contributed by atoms with Crippen molar-refractivity contribution in [1.82, 2.24) is 4.31 Å². The summed E-state index contributed by atoms with van der Waals surface area (Å²) in [4.78, 5) is 24.5. The molecule has 1 aliphatic heterocycles. The van der Waals surface area contributed by atoms with Crippen molar-refractivity contribution >= 4 is 61.3 Å². The molecule has 2 heterocycles. The Labute approximate surface area is 212 Å². The van der Waals surface area contributed by atoms with Crippen molar-refractivity contribution in [1.29, 1.82) is 0 Å². The van der Waals surface area contributed by atoms with Gasteiger partial charge in [0.05, 0.1) is 4.90 Å². The third-order valence-electron chi connectivity index (χ3n) is 6.31. The number of fused-ring (bicyclic) bond motifs is 3. The van der Waals surface area contributed by atoms with Crippen LogP contribution in [0, 0.1) is 0 Å². The summed E-state index contributed by atoms with van der Waals surface area (Å²) in [6.07, 6.45) is 0. The first kappa shape index (κ1) is 24.4. The predicted octanol–water partition coefficient (Wildman–Crippen LogP) is 4.81. The smallest absolute Gasteiger partial charge is 0.323 e. The van der Waals surface area contributed by atoms with Crippen LogP contribution >= 0.6 is 11.8 Å². The van der Waals surface area contributed by atoms with Crippen LogP contribution < -0.4 is 5.32 Å². The maximum atomic E-state index is 13.6. The molecule has 4 aromatic rings. The molecule has 1 aliphatic rings. The van der Waals surface area contributed by atoms with E-state index < -0.39 is 26.8 Å². The summed E-state index contributed by atoms with van der Waals surface area (Å²) < 4.78 is 33.4. The normalized spacial score (nSPS) is 18.3. The molecule has 2 N–H and O–H groups in total. The van der Waals surface area contributed by atoms with Crippen molar-refractivity contribution in [2.75, 3.05) is 17.6 Å². The number of aliphatic carboxylic acids is 1. The fourth-order valence-electron chi connectivity index (χ4n) is 4.56. The van der Waals surface area contributed by atoms with Gasteiger partial charge in [-0.1, -0.05) is 18.2 Å². The van der Waals surface area contributed by atoms with E-state index in [1.54, 1.807) is 62.4 Å². The Morgan fingerprint density at radius 1 is 1.03 bits per heavy atom. The number of carboxylic acid groups (broad SMARTS) is 1. The van der Waals surface area contributed by atoms with E-state index in [2.05, 4.69) is 5.32 Å². The lowest BCUT2D eigenvalue weighted by molar-refractivity contribution is -0.142. The molecule has 1 fully saturated rings. The largest absolute Gasteiger partial charge is 0.480 e. The fraction of sp³-hybridized carbons (Fsp3) is 0.231. The van der Waals surface area contributed by atoms with Crippen molar-refractivity contribution in [3.8, 4) is 0 Å². The number of carbonyl (C=O) groups excluding carboxylic acids is 1. The van der Waals surface area contributed by atoms with Gasteiger partial charge in [-0.25, -0.2) is 8.42 Å². The molecular weight excluding hydrogens is 500 g/mol. The minimum absolute atomic E-state index is 0.00751. The Kier molecular flexibility index (Phi) is 6.06. The highest BCUT2D eigenvalue weighted by Gasteiger charge is 2.48. The molecule has 5 rings (SSSR count). The minimum Gasteiger partial charge on any atom is -0.480 e. The van der Waals surface area contributed by atoms with Gasteiger partial charge in [0, 0.05) is 45.1 Å². The minimum atomic E-state index is -4.08. The van der Waals surface area contributed by atoms with Crippen molar-refractivity contribution in [2.24, 2.45) is 0 Å². The summed E-state index contributed by atoms with van der Waals surface area (Å²) in [6, 6.07) is 17.4. The topological polar surface area (TPSA) is 117 Å². The van der Waals surface area contributed by atoms with Gasteiger partial charge < -0.3 is 14.8 Å². The Hall–Kier alpha value is -3.34. The Morgan fingerprint density at radius 3 is 2.50 bits per heavy atom. The number of hydrogen-bond acceptors (Lipinski definition) is 6. The van der Waals surface area contributed by atoms with Crippen molar-refractivity contribution < 1.29 is 27.5 Å². The van der Waals surface area contributed by atoms with Crippen LogP contribution in [0.25, 0.3) is 21.9 Å². The highest BCUT2D eigenvalue weighted by atomic mass is 32.2. The third kappa shape index (κ3) is 4.25. The first-order chi connectivity index (χ1) is 17.1. The number of thioether (sulfide) groups is 1. The van der Waals surface area contributed by atoms with E-state index in [1.807, 2.05) is 6.07 Å². The van der Waals surface area contributed by atoms with Crippen molar-refractivity contribution in [3.63, 3.8) is 0 Å². The highest BCUT2D eigenvalue weighted by molar-refractivity contribution is 8.00. The second kappa shape index (κ2) is 8.95. The number of furan rings is 1. The molecule has 0 saturated carbocycles. The van der Waals surface area contributed by atoms with Gasteiger partial charge in [-0.2, -0.15) is 16.1 Å². The molecule has 0 aliphatic carbocycles. The van der Waals surface area contributed by atoms with Crippen LogP contribution in [0.5, 0.6) is 0 Å². The maximum Gasteiger partial charge on any atom is 0.323 e. The second-order valence-corrected chi connectivity index (χ2v) is 12.7. The molecule has 1 saturated heterocycles. The van der Waals surface area contributed by atoms with E-state index >= 15 is 0 Å². The third-order valence-corrected chi connectivity index (χ3v) is 9.52. The van der Waals surface area contributed by atoms with Crippen LogP contribution in [0.1, 0.15) is 24.2 Å². The molecule has 1 atom stereocenters. The lowest BCUT2D eigenvalue weighted by Gasteiger charge is -2.42.